The van der Waals surface area contributed by atoms with Crippen molar-refractivity contribution in [1.82, 2.24) is 9.80 Å². The van der Waals surface area contributed by atoms with E-state index < -0.39 is 11.5 Å². The SMILES string of the molecule is CC(N)(CN1CCN(CC2CC2)CC1)C(=O)O. The van der Waals surface area contributed by atoms with Crippen LogP contribution in [-0.2, 0) is 4.79 Å². The third-order valence-corrected chi connectivity index (χ3v) is 3.72. The Balaban J connectivity index is 1.72. The standard InChI is InChI=1S/C12H23N3O2/c1-12(13,11(16)17)9-15-6-4-14(5-7-15)8-10-2-3-10/h10H,2-9,13H2,1H3,(H,16,17). The third kappa shape index (κ3) is 3.66. The van der Waals surface area contributed by atoms with Gasteiger partial charge in [0.05, 0.1) is 0 Å². The van der Waals surface area contributed by atoms with E-state index in [9.17, 15) is 4.79 Å². The molecule has 0 radical (unpaired) electrons. The average molecular weight is 241 g/mol. The highest BCUT2D eigenvalue weighted by Gasteiger charge is 2.32. The minimum Gasteiger partial charge on any atom is -0.480 e. The summed E-state index contributed by atoms with van der Waals surface area (Å²) in [6.07, 6.45) is 2.78. The summed E-state index contributed by atoms with van der Waals surface area (Å²) in [6, 6.07) is 0. The largest absolute Gasteiger partial charge is 0.480 e. The van der Waals surface area contributed by atoms with E-state index in [4.69, 9.17) is 10.8 Å². The lowest BCUT2D eigenvalue weighted by Gasteiger charge is -2.37. The van der Waals surface area contributed by atoms with Crippen LogP contribution in [0.4, 0.5) is 0 Å². The Morgan fingerprint density at radius 3 is 2.29 bits per heavy atom. The van der Waals surface area contributed by atoms with Gasteiger partial charge in [0.25, 0.3) is 0 Å². The molecule has 2 aliphatic rings. The maximum absolute atomic E-state index is 11.0. The van der Waals surface area contributed by atoms with E-state index in [1.807, 2.05) is 0 Å². The number of carbonyl (C=O) groups is 1. The summed E-state index contributed by atoms with van der Waals surface area (Å²) in [4.78, 5) is 15.6. The number of nitrogens with zero attached hydrogens (tertiary/aromatic N) is 2. The molecule has 5 nitrogen and oxygen atoms in total. The number of nitrogens with two attached hydrogens (primary N) is 1. The molecule has 1 saturated carbocycles. The molecule has 98 valence electrons. The molecule has 1 unspecified atom stereocenters. The molecule has 2 rings (SSSR count). The average Bonchev–Trinajstić information content (AvgIpc) is 3.04. The second-order valence-corrected chi connectivity index (χ2v) is 5.74. The maximum Gasteiger partial charge on any atom is 0.324 e. The van der Waals surface area contributed by atoms with Crippen LogP contribution in [0.5, 0.6) is 0 Å². The van der Waals surface area contributed by atoms with Gasteiger partial charge < -0.3 is 15.7 Å². The van der Waals surface area contributed by atoms with Crippen LogP contribution in [0.2, 0.25) is 0 Å². The molecule has 17 heavy (non-hydrogen) atoms. The Kier molecular flexibility index (Phi) is 3.70. The molecule has 1 atom stereocenters. The molecule has 0 amide bonds. The third-order valence-electron chi connectivity index (χ3n) is 3.72. The van der Waals surface area contributed by atoms with Crippen LogP contribution in [0.15, 0.2) is 0 Å². The van der Waals surface area contributed by atoms with Crippen molar-refractivity contribution in [3.05, 3.63) is 0 Å². The molecule has 3 N–H and O–H groups in total. The Bertz CT molecular complexity index is 281. The Labute approximate surface area is 103 Å². The Hall–Kier alpha value is -0.650. The van der Waals surface area contributed by atoms with E-state index in [1.54, 1.807) is 6.92 Å². The molecular weight excluding hydrogens is 218 g/mol. The first-order valence-corrected chi connectivity index (χ1v) is 6.44. The molecule has 1 heterocycles. The molecule has 1 saturated heterocycles. The van der Waals surface area contributed by atoms with E-state index in [0.717, 1.165) is 32.1 Å². The summed E-state index contributed by atoms with van der Waals surface area (Å²) in [7, 11) is 0. The highest BCUT2D eigenvalue weighted by Crippen LogP contribution is 2.29. The van der Waals surface area contributed by atoms with Crippen molar-refractivity contribution in [2.45, 2.75) is 25.3 Å². The lowest BCUT2D eigenvalue weighted by molar-refractivity contribution is -0.143. The second kappa shape index (κ2) is 4.92. The zero-order valence-electron chi connectivity index (χ0n) is 10.6. The number of hydrogen-bond donors (Lipinski definition) is 2. The minimum atomic E-state index is -1.13. The smallest absolute Gasteiger partial charge is 0.324 e. The summed E-state index contributed by atoms with van der Waals surface area (Å²) in [5.41, 5.74) is 4.63. The van der Waals surface area contributed by atoms with Gasteiger partial charge >= 0.3 is 5.97 Å². The van der Waals surface area contributed by atoms with E-state index in [1.165, 1.54) is 19.4 Å². The number of rotatable bonds is 5. The number of carboxylic acids is 1. The normalized spacial score (nSPS) is 26.7. The lowest BCUT2D eigenvalue weighted by atomic mass is 10.0. The van der Waals surface area contributed by atoms with E-state index in [2.05, 4.69) is 9.80 Å². The molecule has 0 bridgehead atoms. The summed E-state index contributed by atoms with van der Waals surface area (Å²) in [6.45, 7) is 7.23. The van der Waals surface area contributed by atoms with Crippen LogP contribution in [-0.4, -0.2) is 65.7 Å². The molecule has 0 aromatic carbocycles. The van der Waals surface area contributed by atoms with Gasteiger partial charge in [-0.25, -0.2) is 0 Å². The van der Waals surface area contributed by atoms with Gasteiger partial charge in [-0.2, -0.15) is 0 Å². The predicted octanol–water partition coefficient (Wildman–Crippen LogP) is -0.184. The molecule has 5 heteroatoms. The second-order valence-electron chi connectivity index (χ2n) is 5.74. The van der Waals surface area contributed by atoms with Crippen LogP contribution >= 0.6 is 0 Å². The van der Waals surface area contributed by atoms with Crippen molar-refractivity contribution in [1.29, 1.82) is 0 Å². The molecule has 0 aromatic heterocycles. The highest BCUT2D eigenvalue weighted by molar-refractivity contribution is 5.78. The lowest BCUT2D eigenvalue weighted by Crippen LogP contribution is -2.57. The number of hydrogen-bond acceptors (Lipinski definition) is 4. The van der Waals surface area contributed by atoms with Crippen LogP contribution in [0.3, 0.4) is 0 Å². The zero-order valence-corrected chi connectivity index (χ0v) is 10.6. The van der Waals surface area contributed by atoms with Gasteiger partial charge in [0.1, 0.15) is 5.54 Å². The van der Waals surface area contributed by atoms with Gasteiger partial charge in [0.2, 0.25) is 0 Å². The maximum atomic E-state index is 11.0. The van der Waals surface area contributed by atoms with E-state index in [-0.39, 0.29) is 0 Å². The van der Waals surface area contributed by atoms with E-state index >= 15 is 0 Å². The van der Waals surface area contributed by atoms with Crippen molar-refractivity contribution in [2.75, 3.05) is 39.3 Å². The van der Waals surface area contributed by atoms with Crippen molar-refractivity contribution in [3.63, 3.8) is 0 Å². The highest BCUT2D eigenvalue weighted by atomic mass is 16.4. The van der Waals surface area contributed by atoms with E-state index in [0.29, 0.717) is 6.54 Å². The Morgan fingerprint density at radius 1 is 1.29 bits per heavy atom. The fourth-order valence-corrected chi connectivity index (χ4v) is 2.33. The van der Waals surface area contributed by atoms with Crippen molar-refractivity contribution >= 4 is 5.97 Å². The van der Waals surface area contributed by atoms with Gasteiger partial charge in [-0.15, -0.1) is 0 Å². The summed E-state index contributed by atoms with van der Waals surface area (Å²) in [5, 5.41) is 8.99. The monoisotopic (exact) mass is 241 g/mol. The van der Waals surface area contributed by atoms with Crippen molar-refractivity contribution in [2.24, 2.45) is 11.7 Å². The van der Waals surface area contributed by atoms with Gasteiger partial charge in [0, 0.05) is 39.3 Å². The number of piperazine rings is 1. The fourth-order valence-electron chi connectivity index (χ4n) is 2.33. The first-order chi connectivity index (χ1) is 7.97. The molecule has 1 aliphatic heterocycles. The quantitative estimate of drug-likeness (QED) is 0.698. The predicted molar refractivity (Wildman–Crippen MR) is 65.8 cm³/mol. The van der Waals surface area contributed by atoms with Gasteiger partial charge in [-0.1, -0.05) is 0 Å². The first kappa shape index (κ1) is 12.8. The number of aliphatic carboxylic acids is 1. The van der Waals surface area contributed by atoms with Crippen LogP contribution in [0.25, 0.3) is 0 Å². The van der Waals surface area contributed by atoms with Crippen molar-refractivity contribution in [3.8, 4) is 0 Å². The summed E-state index contributed by atoms with van der Waals surface area (Å²) in [5.74, 6) is 0.0123. The Morgan fingerprint density at radius 2 is 1.82 bits per heavy atom. The van der Waals surface area contributed by atoms with Crippen LogP contribution < -0.4 is 5.73 Å². The van der Waals surface area contributed by atoms with Crippen LogP contribution in [0.1, 0.15) is 19.8 Å². The molecular formula is C12H23N3O2. The van der Waals surface area contributed by atoms with Gasteiger partial charge in [-0.05, 0) is 25.7 Å². The zero-order chi connectivity index (χ0) is 12.5. The summed E-state index contributed by atoms with van der Waals surface area (Å²) < 4.78 is 0. The molecule has 0 spiro atoms. The fraction of sp³-hybridized carbons (Fsp3) is 0.917. The molecule has 1 aliphatic carbocycles. The number of carboxylic acid groups (broad SMARTS) is 1. The molecule has 0 aromatic rings. The van der Waals surface area contributed by atoms with Crippen molar-refractivity contribution < 1.29 is 9.90 Å². The topological polar surface area (TPSA) is 69.8 Å². The molecule has 2 fully saturated rings. The van der Waals surface area contributed by atoms with Gasteiger partial charge in [-0.3, -0.25) is 9.69 Å². The minimum absolute atomic E-state index is 0.444. The van der Waals surface area contributed by atoms with Gasteiger partial charge in [0.15, 0.2) is 0 Å². The van der Waals surface area contributed by atoms with Crippen LogP contribution in [0, 0.1) is 5.92 Å². The summed E-state index contributed by atoms with van der Waals surface area (Å²) >= 11 is 0. The first-order valence-electron chi connectivity index (χ1n) is 6.44.